The van der Waals surface area contributed by atoms with Gasteiger partial charge in [0, 0.05) is 17.4 Å². The lowest BCUT2D eigenvalue weighted by molar-refractivity contribution is -0.162. The summed E-state index contributed by atoms with van der Waals surface area (Å²) in [5.41, 5.74) is 1.27. The molecule has 3 nitrogen and oxygen atoms in total. The molecule has 2 aliphatic carbocycles. The fourth-order valence-electron chi connectivity index (χ4n) is 4.58. The fraction of sp³-hybridized carbons (Fsp3) is 0.550. The predicted molar refractivity (Wildman–Crippen MR) is 89.7 cm³/mol. The minimum Gasteiger partial charge on any atom is -0.456 e. The number of carbonyl (C=O) groups excluding carboxylic acids is 1. The summed E-state index contributed by atoms with van der Waals surface area (Å²) in [5.74, 6) is -0.00701. The maximum Gasteiger partial charge on any atom is 0.330 e. The van der Waals surface area contributed by atoms with Crippen molar-refractivity contribution in [2.45, 2.75) is 52.4 Å². The largest absolute Gasteiger partial charge is 0.456 e. The first-order valence-electron chi connectivity index (χ1n) is 8.39. The topological polar surface area (TPSA) is 35.5 Å². The van der Waals surface area contributed by atoms with Gasteiger partial charge in [-0.2, -0.15) is 0 Å². The van der Waals surface area contributed by atoms with E-state index in [1.165, 1.54) is 6.08 Å². The van der Waals surface area contributed by atoms with Gasteiger partial charge >= 0.3 is 5.97 Å². The minimum atomic E-state index is -0.352. The molecule has 3 heteroatoms. The molecule has 0 radical (unpaired) electrons. The van der Waals surface area contributed by atoms with Gasteiger partial charge in [0.05, 0.1) is 6.61 Å². The third kappa shape index (κ3) is 2.51. The van der Waals surface area contributed by atoms with Crippen LogP contribution in [-0.2, 0) is 20.9 Å². The van der Waals surface area contributed by atoms with Crippen LogP contribution in [0.25, 0.3) is 0 Å². The van der Waals surface area contributed by atoms with Gasteiger partial charge in [0.15, 0.2) is 0 Å². The highest BCUT2D eigenvalue weighted by Crippen LogP contribution is 2.67. The van der Waals surface area contributed by atoms with Gasteiger partial charge < -0.3 is 9.47 Å². The second kappa shape index (κ2) is 5.79. The third-order valence-corrected chi connectivity index (χ3v) is 6.39. The van der Waals surface area contributed by atoms with E-state index < -0.39 is 0 Å². The van der Waals surface area contributed by atoms with Gasteiger partial charge in [-0.1, -0.05) is 57.7 Å². The molecule has 0 spiro atoms. The Balaban J connectivity index is 1.82. The van der Waals surface area contributed by atoms with E-state index >= 15 is 0 Å². The summed E-state index contributed by atoms with van der Waals surface area (Å²) < 4.78 is 12.0. The molecule has 1 aromatic carbocycles. The summed E-state index contributed by atoms with van der Waals surface area (Å²) >= 11 is 0. The zero-order chi connectivity index (χ0) is 16.7. The van der Waals surface area contributed by atoms with E-state index in [1.54, 1.807) is 0 Å². The number of fused-ring (bicyclic) bond motifs is 2. The molecule has 23 heavy (non-hydrogen) atoms. The monoisotopic (exact) mass is 314 g/mol. The molecule has 1 aromatic rings. The first-order valence-corrected chi connectivity index (χ1v) is 8.39. The lowest BCUT2D eigenvalue weighted by Crippen LogP contribution is -2.43. The van der Waals surface area contributed by atoms with Crippen LogP contribution >= 0.6 is 0 Å². The van der Waals surface area contributed by atoms with Gasteiger partial charge in [-0.05, 0) is 23.8 Å². The number of rotatable bonds is 5. The molecule has 2 aliphatic rings. The van der Waals surface area contributed by atoms with Crippen molar-refractivity contribution < 1.29 is 14.3 Å². The fourth-order valence-corrected chi connectivity index (χ4v) is 4.58. The van der Waals surface area contributed by atoms with Gasteiger partial charge in [-0.15, -0.1) is 0 Å². The molecular weight excluding hydrogens is 288 g/mol. The highest BCUT2D eigenvalue weighted by molar-refractivity contribution is 5.81. The SMILES string of the molecule is C=CC(=O)OC1C2CCC(C)(C1OCc1ccccc1)C2(C)C. The summed E-state index contributed by atoms with van der Waals surface area (Å²) in [6.45, 7) is 10.9. The van der Waals surface area contributed by atoms with Crippen LogP contribution in [0.1, 0.15) is 39.2 Å². The van der Waals surface area contributed by atoms with E-state index in [0.29, 0.717) is 12.5 Å². The van der Waals surface area contributed by atoms with Gasteiger partial charge in [0.25, 0.3) is 0 Å². The van der Waals surface area contributed by atoms with Crippen LogP contribution in [0.3, 0.4) is 0 Å². The van der Waals surface area contributed by atoms with Crippen LogP contribution in [0.15, 0.2) is 43.0 Å². The molecule has 4 unspecified atom stereocenters. The van der Waals surface area contributed by atoms with Crippen molar-refractivity contribution in [3.63, 3.8) is 0 Å². The Kier molecular flexibility index (Phi) is 4.09. The normalized spacial score (nSPS) is 34.3. The van der Waals surface area contributed by atoms with Crippen LogP contribution in [0.2, 0.25) is 0 Å². The summed E-state index contributed by atoms with van der Waals surface area (Å²) in [6, 6.07) is 10.2. The molecule has 0 aliphatic heterocycles. The molecule has 2 fully saturated rings. The van der Waals surface area contributed by atoms with Gasteiger partial charge in [-0.3, -0.25) is 0 Å². The average molecular weight is 314 g/mol. The Morgan fingerprint density at radius 3 is 2.65 bits per heavy atom. The summed E-state index contributed by atoms with van der Waals surface area (Å²) in [5, 5.41) is 0. The van der Waals surface area contributed by atoms with Crippen LogP contribution < -0.4 is 0 Å². The third-order valence-electron chi connectivity index (χ3n) is 6.39. The Morgan fingerprint density at radius 1 is 1.30 bits per heavy atom. The molecule has 0 saturated heterocycles. The molecular formula is C20H26O3. The highest BCUT2D eigenvalue weighted by Gasteiger charge is 2.68. The summed E-state index contributed by atoms with van der Waals surface area (Å²) in [7, 11) is 0. The number of carbonyl (C=O) groups is 1. The van der Waals surface area contributed by atoms with E-state index in [0.717, 1.165) is 18.4 Å². The second-order valence-corrected chi connectivity index (χ2v) is 7.61. The molecule has 0 heterocycles. The smallest absolute Gasteiger partial charge is 0.330 e. The minimum absolute atomic E-state index is 0.0264. The molecule has 124 valence electrons. The van der Waals surface area contributed by atoms with E-state index in [9.17, 15) is 4.79 Å². The van der Waals surface area contributed by atoms with E-state index in [1.807, 2.05) is 18.2 Å². The summed E-state index contributed by atoms with van der Waals surface area (Å²) in [4.78, 5) is 11.8. The van der Waals surface area contributed by atoms with E-state index in [4.69, 9.17) is 9.47 Å². The van der Waals surface area contributed by atoms with Crippen LogP contribution in [0.5, 0.6) is 0 Å². The van der Waals surface area contributed by atoms with Crippen molar-refractivity contribution in [3.05, 3.63) is 48.6 Å². The van der Waals surface area contributed by atoms with Gasteiger partial charge in [0.1, 0.15) is 12.2 Å². The molecule has 3 rings (SSSR count). The quantitative estimate of drug-likeness (QED) is 0.605. The zero-order valence-corrected chi connectivity index (χ0v) is 14.2. The van der Waals surface area contributed by atoms with E-state index in [-0.39, 0.29) is 29.0 Å². The molecule has 2 bridgehead atoms. The van der Waals surface area contributed by atoms with Crippen LogP contribution in [-0.4, -0.2) is 18.2 Å². The lowest BCUT2D eigenvalue weighted by Gasteiger charge is -2.39. The Bertz CT molecular complexity index is 592. The molecule has 2 saturated carbocycles. The van der Waals surface area contributed by atoms with Crippen LogP contribution in [0.4, 0.5) is 0 Å². The number of hydrogen-bond donors (Lipinski definition) is 0. The van der Waals surface area contributed by atoms with Crippen molar-refractivity contribution >= 4 is 5.97 Å². The maximum atomic E-state index is 11.8. The van der Waals surface area contributed by atoms with Crippen molar-refractivity contribution in [2.24, 2.45) is 16.7 Å². The first-order chi connectivity index (χ1) is 10.9. The van der Waals surface area contributed by atoms with Gasteiger partial charge in [-0.25, -0.2) is 4.79 Å². The molecule has 0 N–H and O–H groups in total. The molecule has 0 aromatic heterocycles. The lowest BCUT2D eigenvalue weighted by atomic mass is 9.70. The second-order valence-electron chi connectivity index (χ2n) is 7.61. The molecule has 4 atom stereocenters. The van der Waals surface area contributed by atoms with Crippen molar-refractivity contribution in [2.75, 3.05) is 0 Å². The zero-order valence-electron chi connectivity index (χ0n) is 14.2. The Labute approximate surface area is 138 Å². The Hall–Kier alpha value is -1.61. The Morgan fingerprint density at radius 2 is 2.00 bits per heavy atom. The maximum absolute atomic E-state index is 11.8. The van der Waals surface area contributed by atoms with Crippen molar-refractivity contribution in [3.8, 4) is 0 Å². The van der Waals surface area contributed by atoms with Crippen molar-refractivity contribution in [1.29, 1.82) is 0 Å². The van der Waals surface area contributed by atoms with Crippen molar-refractivity contribution in [1.82, 2.24) is 0 Å². The number of hydrogen-bond acceptors (Lipinski definition) is 3. The number of benzene rings is 1. The average Bonchev–Trinajstić information content (AvgIpc) is 2.85. The standard InChI is InChI=1S/C20H26O3/c1-5-16(21)23-17-15-11-12-20(4,19(15,2)3)18(17)22-13-14-9-7-6-8-10-14/h5-10,15,17-18H,1,11-13H2,2-4H3. The van der Waals surface area contributed by atoms with Crippen LogP contribution in [0, 0.1) is 16.7 Å². The number of ether oxygens (including phenoxy) is 2. The van der Waals surface area contributed by atoms with Gasteiger partial charge in [0.2, 0.25) is 0 Å². The van der Waals surface area contributed by atoms with E-state index in [2.05, 4.69) is 39.5 Å². The molecule has 0 amide bonds. The summed E-state index contributed by atoms with van der Waals surface area (Å²) in [6.07, 6.45) is 3.20. The predicted octanol–water partition coefficient (Wildman–Crippen LogP) is 4.13. The number of esters is 1. The first kappa shape index (κ1) is 16.3. The highest BCUT2D eigenvalue weighted by atomic mass is 16.6.